The highest BCUT2D eigenvalue weighted by Crippen LogP contribution is 2.29. The minimum absolute atomic E-state index is 0.115. The molecule has 3 nitrogen and oxygen atoms in total. The fourth-order valence-electron chi connectivity index (χ4n) is 1.81. The molecule has 0 fully saturated rings. The number of hydrogen-bond acceptors (Lipinski definition) is 1. The lowest BCUT2D eigenvalue weighted by molar-refractivity contribution is 0.210. The van der Waals surface area contributed by atoms with Gasteiger partial charge in [-0.15, -0.1) is 0 Å². The average Bonchev–Trinajstić information content (AvgIpc) is 2.44. The number of unbranched alkanes of at least 4 members (excludes halogenated alkanes) is 2. The van der Waals surface area contributed by atoms with Crippen molar-refractivity contribution < 1.29 is 4.79 Å². The number of carbonyl (C=O) groups excluding carboxylic acids is 1. The van der Waals surface area contributed by atoms with Crippen molar-refractivity contribution in [3.63, 3.8) is 0 Å². The van der Waals surface area contributed by atoms with E-state index in [4.69, 9.17) is 23.2 Å². The summed E-state index contributed by atoms with van der Waals surface area (Å²) in [5.74, 6) is 0. The number of rotatable bonds is 7. The molecule has 20 heavy (non-hydrogen) atoms. The summed E-state index contributed by atoms with van der Waals surface area (Å²) in [6, 6.07) is 5.11. The normalized spacial score (nSPS) is 10.4. The van der Waals surface area contributed by atoms with Crippen LogP contribution in [0.1, 0.15) is 39.5 Å². The van der Waals surface area contributed by atoms with Gasteiger partial charge in [0.2, 0.25) is 0 Å². The van der Waals surface area contributed by atoms with Gasteiger partial charge in [0.25, 0.3) is 0 Å². The maximum Gasteiger partial charge on any atom is 0.321 e. The predicted octanol–water partition coefficient (Wildman–Crippen LogP) is 5.43. The first-order valence-electron chi connectivity index (χ1n) is 7.10. The third kappa shape index (κ3) is 5.22. The molecule has 1 N–H and O–H groups in total. The smallest absolute Gasteiger partial charge is 0.321 e. The van der Waals surface area contributed by atoms with E-state index in [2.05, 4.69) is 19.2 Å². The minimum atomic E-state index is -0.115. The van der Waals surface area contributed by atoms with Crippen molar-refractivity contribution in [1.82, 2.24) is 4.90 Å². The van der Waals surface area contributed by atoms with Crippen LogP contribution in [0.25, 0.3) is 0 Å². The summed E-state index contributed by atoms with van der Waals surface area (Å²) in [7, 11) is 0. The number of benzene rings is 1. The van der Waals surface area contributed by atoms with Crippen molar-refractivity contribution in [3.8, 4) is 0 Å². The Balaban J connectivity index is 2.71. The molecule has 0 aliphatic rings. The molecule has 1 aromatic carbocycles. The van der Waals surface area contributed by atoms with Gasteiger partial charge in [-0.05, 0) is 25.0 Å². The van der Waals surface area contributed by atoms with Gasteiger partial charge >= 0.3 is 6.03 Å². The maximum atomic E-state index is 12.3. The second-order valence-electron chi connectivity index (χ2n) is 4.73. The molecular weight excluding hydrogens is 295 g/mol. The molecule has 2 amide bonds. The monoisotopic (exact) mass is 316 g/mol. The van der Waals surface area contributed by atoms with Gasteiger partial charge in [0.15, 0.2) is 0 Å². The Labute approximate surface area is 131 Å². The number of nitrogens with one attached hydrogen (secondary N) is 1. The minimum Gasteiger partial charge on any atom is -0.325 e. The molecule has 0 radical (unpaired) electrons. The summed E-state index contributed by atoms with van der Waals surface area (Å²) in [4.78, 5) is 14.1. The zero-order valence-electron chi connectivity index (χ0n) is 12.1. The van der Waals surface area contributed by atoms with E-state index in [9.17, 15) is 4.79 Å². The molecule has 0 heterocycles. The van der Waals surface area contributed by atoms with Gasteiger partial charge in [-0.1, -0.05) is 56.0 Å². The second-order valence-corrected chi connectivity index (χ2v) is 5.51. The Morgan fingerprint density at radius 3 is 2.30 bits per heavy atom. The van der Waals surface area contributed by atoms with Crippen LogP contribution in [0.5, 0.6) is 0 Å². The van der Waals surface area contributed by atoms with E-state index in [-0.39, 0.29) is 6.03 Å². The van der Waals surface area contributed by atoms with Crippen LogP contribution in [-0.2, 0) is 0 Å². The van der Waals surface area contributed by atoms with Crippen LogP contribution in [0.3, 0.4) is 0 Å². The molecular formula is C15H22Cl2N2O. The lowest BCUT2D eigenvalue weighted by atomic mass is 10.2. The van der Waals surface area contributed by atoms with Crippen molar-refractivity contribution in [3.05, 3.63) is 28.2 Å². The second kappa shape index (κ2) is 9.09. The molecule has 5 heteroatoms. The van der Waals surface area contributed by atoms with E-state index >= 15 is 0 Å². The number of hydrogen-bond donors (Lipinski definition) is 1. The first-order valence-corrected chi connectivity index (χ1v) is 7.85. The highest BCUT2D eigenvalue weighted by Gasteiger charge is 2.14. The fraction of sp³-hybridized carbons (Fsp3) is 0.533. The molecule has 112 valence electrons. The number of anilines is 1. The molecule has 0 unspecified atom stereocenters. The Morgan fingerprint density at radius 2 is 1.75 bits per heavy atom. The summed E-state index contributed by atoms with van der Waals surface area (Å²) in [6.07, 6.45) is 4.13. The van der Waals surface area contributed by atoms with Crippen LogP contribution in [0.2, 0.25) is 10.0 Å². The molecule has 0 saturated heterocycles. The third-order valence-corrected chi connectivity index (χ3v) is 3.86. The van der Waals surface area contributed by atoms with Crippen molar-refractivity contribution in [2.45, 2.75) is 39.5 Å². The molecule has 0 saturated carbocycles. The van der Waals surface area contributed by atoms with Gasteiger partial charge in [-0.3, -0.25) is 0 Å². The average molecular weight is 317 g/mol. The van der Waals surface area contributed by atoms with Crippen LogP contribution in [-0.4, -0.2) is 24.0 Å². The highest BCUT2D eigenvalue weighted by atomic mass is 35.5. The number of carbonyl (C=O) groups is 1. The summed E-state index contributed by atoms with van der Waals surface area (Å²) >= 11 is 12.0. The molecule has 1 rings (SSSR count). The quantitative estimate of drug-likeness (QED) is 0.715. The van der Waals surface area contributed by atoms with Crippen LogP contribution in [0.15, 0.2) is 18.2 Å². The number of amides is 2. The zero-order valence-corrected chi connectivity index (χ0v) is 13.6. The first kappa shape index (κ1) is 17.1. The fourth-order valence-corrected chi connectivity index (χ4v) is 2.16. The maximum absolute atomic E-state index is 12.3. The van der Waals surface area contributed by atoms with Gasteiger partial charge in [0.05, 0.1) is 15.7 Å². The van der Waals surface area contributed by atoms with Crippen LogP contribution in [0.4, 0.5) is 10.5 Å². The zero-order chi connectivity index (χ0) is 15.0. The van der Waals surface area contributed by atoms with Crippen LogP contribution in [0, 0.1) is 0 Å². The summed E-state index contributed by atoms with van der Waals surface area (Å²) in [6.45, 7) is 5.76. The van der Waals surface area contributed by atoms with E-state index in [0.29, 0.717) is 15.7 Å². The third-order valence-electron chi connectivity index (χ3n) is 3.04. The van der Waals surface area contributed by atoms with Crippen LogP contribution >= 0.6 is 23.2 Å². The molecule has 0 bridgehead atoms. The first-order chi connectivity index (χ1) is 9.60. The van der Waals surface area contributed by atoms with E-state index in [1.807, 2.05) is 4.90 Å². The highest BCUT2D eigenvalue weighted by molar-refractivity contribution is 6.43. The number of nitrogens with zero attached hydrogens (tertiary/aromatic N) is 1. The van der Waals surface area contributed by atoms with Crippen molar-refractivity contribution in [2.75, 3.05) is 18.4 Å². The van der Waals surface area contributed by atoms with Gasteiger partial charge in [-0.2, -0.15) is 0 Å². The Morgan fingerprint density at radius 1 is 1.15 bits per heavy atom. The van der Waals surface area contributed by atoms with Gasteiger partial charge in [0, 0.05) is 13.1 Å². The van der Waals surface area contributed by atoms with Crippen LogP contribution < -0.4 is 5.32 Å². The Kier molecular flexibility index (Phi) is 7.78. The van der Waals surface area contributed by atoms with Gasteiger partial charge in [0.1, 0.15) is 0 Å². The van der Waals surface area contributed by atoms with Crippen molar-refractivity contribution in [2.24, 2.45) is 0 Å². The van der Waals surface area contributed by atoms with Gasteiger partial charge in [-0.25, -0.2) is 4.79 Å². The summed E-state index contributed by atoms with van der Waals surface area (Å²) < 4.78 is 0. The lowest BCUT2D eigenvalue weighted by Crippen LogP contribution is -2.36. The Hall–Kier alpha value is -0.930. The SMILES string of the molecule is CCCCN(CCCC)C(=O)Nc1cccc(Cl)c1Cl. The molecule has 0 atom stereocenters. The van der Waals surface area contributed by atoms with E-state index in [1.165, 1.54) is 0 Å². The number of halogens is 2. The summed E-state index contributed by atoms with van der Waals surface area (Å²) in [5.41, 5.74) is 0.558. The Bertz CT molecular complexity index is 430. The molecule has 1 aromatic rings. The van der Waals surface area contributed by atoms with E-state index < -0.39 is 0 Å². The molecule has 0 aliphatic heterocycles. The van der Waals surface area contributed by atoms with E-state index in [0.717, 1.165) is 38.8 Å². The topological polar surface area (TPSA) is 32.3 Å². The molecule has 0 aromatic heterocycles. The lowest BCUT2D eigenvalue weighted by Gasteiger charge is -2.23. The van der Waals surface area contributed by atoms with Crippen molar-refractivity contribution >= 4 is 34.9 Å². The standard InChI is InChI=1S/C15H22Cl2N2O/c1-3-5-10-19(11-6-4-2)15(20)18-13-9-7-8-12(16)14(13)17/h7-9H,3-6,10-11H2,1-2H3,(H,18,20). The van der Waals surface area contributed by atoms with E-state index in [1.54, 1.807) is 18.2 Å². The molecule has 0 aliphatic carbocycles. The van der Waals surface area contributed by atoms with Crippen molar-refractivity contribution in [1.29, 1.82) is 0 Å². The largest absolute Gasteiger partial charge is 0.325 e. The predicted molar refractivity (Wildman–Crippen MR) is 86.9 cm³/mol. The molecule has 0 spiro atoms. The van der Waals surface area contributed by atoms with Gasteiger partial charge < -0.3 is 10.2 Å². The number of urea groups is 1. The summed E-state index contributed by atoms with van der Waals surface area (Å²) in [5, 5.41) is 3.67.